The third kappa shape index (κ3) is 4.31. The molecule has 2 N–H and O–H groups in total. The Hall–Kier alpha value is -1.85. The van der Waals surface area contributed by atoms with E-state index in [0.717, 1.165) is 11.1 Å². The lowest BCUT2D eigenvalue weighted by Gasteiger charge is -2.18. The van der Waals surface area contributed by atoms with Gasteiger partial charge in [0.15, 0.2) is 0 Å². The summed E-state index contributed by atoms with van der Waals surface area (Å²) in [6.07, 6.45) is 0.512. The van der Waals surface area contributed by atoms with E-state index >= 15 is 0 Å². The van der Waals surface area contributed by atoms with Crippen LogP contribution in [0.15, 0.2) is 54.6 Å². The van der Waals surface area contributed by atoms with Crippen LogP contribution >= 0.6 is 0 Å². The van der Waals surface area contributed by atoms with Crippen molar-refractivity contribution in [3.63, 3.8) is 0 Å². The zero-order valence-electron chi connectivity index (χ0n) is 12.1. The van der Waals surface area contributed by atoms with E-state index in [9.17, 15) is 8.42 Å². The number of nitrogens with zero attached hydrogens (tertiary/aromatic N) is 1. The topological polar surface area (TPSA) is 63.4 Å². The maximum atomic E-state index is 12.3. The predicted molar refractivity (Wildman–Crippen MR) is 86.3 cm³/mol. The fourth-order valence-electron chi connectivity index (χ4n) is 2.06. The van der Waals surface area contributed by atoms with E-state index in [1.165, 1.54) is 4.31 Å². The van der Waals surface area contributed by atoms with Crippen LogP contribution in [0.4, 0.5) is 5.69 Å². The highest BCUT2D eigenvalue weighted by molar-refractivity contribution is 7.89. The molecule has 0 heterocycles. The Kier molecular flexibility index (Phi) is 4.98. The van der Waals surface area contributed by atoms with E-state index < -0.39 is 10.0 Å². The molecule has 0 amide bonds. The summed E-state index contributed by atoms with van der Waals surface area (Å²) in [7, 11) is -1.71. The van der Waals surface area contributed by atoms with Crippen LogP contribution in [0.2, 0.25) is 0 Å². The van der Waals surface area contributed by atoms with Gasteiger partial charge < -0.3 is 5.73 Å². The Morgan fingerprint density at radius 3 is 2.29 bits per heavy atom. The molecule has 0 aliphatic carbocycles. The number of hydrogen-bond acceptors (Lipinski definition) is 3. The fourth-order valence-corrected chi connectivity index (χ4v) is 3.20. The summed E-state index contributed by atoms with van der Waals surface area (Å²) in [6, 6.07) is 16.9. The van der Waals surface area contributed by atoms with Gasteiger partial charge in [0.05, 0.1) is 5.75 Å². The molecule has 0 bridgehead atoms. The SMILES string of the molecule is CN(Cc1ccccc1N)S(=O)(=O)CCc1ccccc1. The summed E-state index contributed by atoms with van der Waals surface area (Å²) in [5.41, 5.74) is 8.31. The maximum absolute atomic E-state index is 12.3. The van der Waals surface area contributed by atoms with Crippen molar-refractivity contribution in [3.8, 4) is 0 Å². The van der Waals surface area contributed by atoms with Crippen LogP contribution in [0.1, 0.15) is 11.1 Å². The number of hydrogen-bond donors (Lipinski definition) is 1. The highest BCUT2D eigenvalue weighted by Crippen LogP contribution is 2.15. The van der Waals surface area contributed by atoms with Gasteiger partial charge in [0.1, 0.15) is 0 Å². The lowest BCUT2D eigenvalue weighted by Crippen LogP contribution is -2.29. The Morgan fingerprint density at radius 2 is 1.62 bits per heavy atom. The summed E-state index contributed by atoms with van der Waals surface area (Å²) < 4.78 is 26.0. The number of sulfonamides is 1. The van der Waals surface area contributed by atoms with Crippen molar-refractivity contribution in [2.24, 2.45) is 0 Å². The second kappa shape index (κ2) is 6.74. The number of rotatable bonds is 6. The van der Waals surface area contributed by atoms with E-state index in [4.69, 9.17) is 5.73 Å². The Bertz CT molecular complexity index is 684. The zero-order chi connectivity index (χ0) is 15.3. The highest BCUT2D eigenvalue weighted by Gasteiger charge is 2.18. The Labute approximate surface area is 126 Å². The zero-order valence-corrected chi connectivity index (χ0v) is 12.9. The number of aryl methyl sites for hydroxylation is 1. The van der Waals surface area contributed by atoms with Crippen molar-refractivity contribution < 1.29 is 8.42 Å². The van der Waals surface area contributed by atoms with Crippen LogP contribution in [-0.4, -0.2) is 25.5 Å². The molecular weight excluding hydrogens is 284 g/mol. The number of nitrogens with two attached hydrogens (primary N) is 1. The van der Waals surface area contributed by atoms with Gasteiger partial charge >= 0.3 is 0 Å². The van der Waals surface area contributed by atoms with Crippen LogP contribution in [-0.2, 0) is 23.0 Å². The molecule has 21 heavy (non-hydrogen) atoms. The summed E-state index contributed by atoms with van der Waals surface area (Å²) in [5, 5.41) is 0. The molecule has 2 rings (SSSR count). The summed E-state index contributed by atoms with van der Waals surface area (Å²) in [5.74, 6) is 0.0975. The molecule has 112 valence electrons. The van der Waals surface area contributed by atoms with Crippen molar-refractivity contribution in [1.82, 2.24) is 4.31 Å². The van der Waals surface area contributed by atoms with Gasteiger partial charge in [0.2, 0.25) is 10.0 Å². The van der Waals surface area contributed by atoms with Gasteiger partial charge in [0, 0.05) is 19.3 Å². The quantitative estimate of drug-likeness (QED) is 0.833. The van der Waals surface area contributed by atoms with Crippen molar-refractivity contribution in [2.45, 2.75) is 13.0 Å². The number of benzene rings is 2. The average molecular weight is 304 g/mol. The molecule has 2 aromatic carbocycles. The second-order valence-electron chi connectivity index (χ2n) is 5.01. The van der Waals surface area contributed by atoms with Gasteiger partial charge in [-0.2, -0.15) is 0 Å². The van der Waals surface area contributed by atoms with Gasteiger partial charge in [0.25, 0.3) is 0 Å². The fraction of sp³-hybridized carbons (Fsp3) is 0.250. The molecule has 0 aromatic heterocycles. The van der Waals surface area contributed by atoms with E-state index in [0.29, 0.717) is 18.7 Å². The van der Waals surface area contributed by atoms with Gasteiger partial charge in [-0.15, -0.1) is 0 Å². The number of anilines is 1. The molecular formula is C16H20N2O2S. The van der Waals surface area contributed by atoms with E-state index in [2.05, 4.69) is 0 Å². The molecule has 0 atom stereocenters. The molecule has 0 aliphatic heterocycles. The van der Waals surface area contributed by atoms with E-state index in [1.807, 2.05) is 48.5 Å². The molecule has 0 fully saturated rings. The monoisotopic (exact) mass is 304 g/mol. The first-order valence-electron chi connectivity index (χ1n) is 6.80. The minimum absolute atomic E-state index is 0.0975. The molecule has 4 nitrogen and oxygen atoms in total. The minimum atomic E-state index is -3.30. The smallest absolute Gasteiger partial charge is 0.214 e. The molecule has 0 spiro atoms. The Morgan fingerprint density at radius 1 is 1.00 bits per heavy atom. The van der Waals surface area contributed by atoms with Gasteiger partial charge in [-0.25, -0.2) is 12.7 Å². The first-order valence-corrected chi connectivity index (χ1v) is 8.41. The maximum Gasteiger partial charge on any atom is 0.214 e. The molecule has 0 saturated carbocycles. The van der Waals surface area contributed by atoms with Crippen LogP contribution in [0, 0.1) is 0 Å². The van der Waals surface area contributed by atoms with Crippen LogP contribution < -0.4 is 5.73 Å². The van der Waals surface area contributed by atoms with Gasteiger partial charge in [-0.1, -0.05) is 48.5 Å². The minimum Gasteiger partial charge on any atom is -0.398 e. The lowest BCUT2D eigenvalue weighted by molar-refractivity contribution is 0.467. The molecule has 5 heteroatoms. The third-order valence-electron chi connectivity index (χ3n) is 3.41. The third-order valence-corrected chi connectivity index (χ3v) is 5.21. The average Bonchev–Trinajstić information content (AvgIpc) is 2.48. The first kappa shape index (κ1) is 15.5. The van der Waals surface area contributed by atoms with Crippen LogP contribution in [0.3, 0.4) is 0 Å². The van der Waals surface area contributed by atoms with Gasteiger partial charge in [-0.05, 0) is 23.6 Å². The summed E-state index contributed by atoms with van der Waals surface area (Å²) in [4.78, 5) is 0. The van der Waals surface area contributed by atoms with Crippen molar-refractivity contribution >= 4 is 15.7 Å². The van der Waals surface area contributed by atoms with Crippen molar-refractivity contribution in [3.05, 3.63) is 65.7 Å². The number of para-hydroxylation sites is 1. The van der Waals surface area contributed by atoms with Gasteiger partial charge in [-0.3, -0.25) is 0 Å². The second-order valence-corrected chi connectivity index (χ2v) is 7.20. The number of nitrogen functional groups attached to an aromatic ring is 1. The molecule has 0 aliphatic rings. The molecule has 0 radical (unpaired) electrons. The predicted octanol–water partition coefficient (Wildman–Crippen LogP) is 2.27. The summed E-state index contributed by atoms with van der Waals surface area (Å²) in [6.45, 7) is 0.295. The Balaban J connectivity index is 2.00. The summed E-state index contributed by atoms with van der Waals surface area (Å²) >= 11 is 0. The molecule has 0 unspecified atom stereocenters. The highest BCUT2D eigenvalue weighted by atomic mass is 32.2. The van der Waals surface area contributed by atoms with Crippen LogP contribution in [0.5, 0.6) is 0 Å². The largest absolute Gasteiger partial charge is 0.398 e. The standard InChI is InChI=1S/C16H20N2O2S/c1-18(13-15-9-5-6-10-16(15)17)21(19,20)12-11-14-7-3-2-4-8-14/h2-10H,11-13,17H2,1H3. The van der Waals surface area contributed by atoms with E-state index in [-0.39, 0.29) is 5.75 Å². The van der Waals surface area contributed by atoms with Crippen molar-refractivity contribution in [2.75, 3.05) is 18.5 Å². The first-order chi connectivity index (χ1) is 9.99. The van der Waals surface area contributed by atoms with Crippen LogP contribution in [0.25, 0.3) is 0 Å². The molecule has 0 saturated heterocycles. The normalized spacial score (nSPS) is 11.7. The lowest BCUT2D eigenvalue weighted by atomic mass is 10.2. The molecule has 2 aromatic rings. The van der Waals surface area contributed by atoms with Crippen molar-refractivity contribution in [1.29, 1.82) is 0 Å². The van der Waals surface area contributed by atoms with E-state index in [1.54, 1.807) is 13.1 Å².